The Balaban J connectivity index is 2.73. The number of aryl methyl sites for hydroxylation is 1. The molecular formula is C18H29BNO5. The third-order valence-corrected chi connectivity index (χ3v) is 4.37. The Kier molecular flexibility index (Phi) is 6.64. The van der Waals surface area contributed by atoms with Crippen LogP contribution in [-0.4, -0.2) is 48.5 Å². The maximum atomic E-state index is 11.7. The summed E-state index contributed by atoms with van der Waals surface area (Å²) in [5, 5.41) is 10.1. The summed E-state index contributed by atoms with van der Waals surface area (Å²) in [4.78, 5) is 16.0. The quantitative estimate of drug-likeness (QED) is 0.569. The summed E-state index contributed by atoms with van der Waals surface area (Å²) in [6, 6.07) is 3.54. The second-order valence-corrected chi connectivity index (χ2v) is 7.79. The number of ether oxygens (including phenoxy) is 2. The smallest absolute Gasteiger partial charge is 0.332 e. The Morgan fingerprint density at radius 2 is 1.80 bits per heavy atom. The van der Waals surface area contributed by atoms with E-state index >= 15 is 0 Å². The number of carbonyl (C=O) groups excluding carboxylic acids is 1. The van der Waals surface area contributed by atoms with Gasteiger partial charge in [-0.25, -0.2) is 4.98 Å². The molecule has 25 heavy (non-hydrogen) atoms. The van der Waals surface area contributed by atoms with Crippen LogP contribution in [0.1, 0.15) is 47.2 Å². The molecule has 1 aromatic heterocycles. The minimum Gasteiger partial charge on any atom is -0.476 e. The first-order valence-electron chi connectivity index (χ1n) is 8.22. The van der Waals surface area contributed by atoms with Crippen LogP contribution in [0.3, 0.4) is 0 Å². The normalized spacial score (nSPS) is 12.7. The number of aliphatic hydroxyl groups is 1. The van der Waals surface area contributed by atoms with Gasteiger partial charge in [-0.05, 0) is 60.0 Å². The van der Waals surface area contributed by atoms with E-state index in [0.717, 1.165) is 11.2 Å². The summed E-state index contributed by atoms with van der Waals surface area (Å²) < 4.78 is 16.1. The van der Waals surface area contributed by atoms with Gasteiger partial charge in [-0.2, -0.15) is 0 Å². The van der Waals surface area contributed by atoms with Gasteiger partial charge in [0.2, 0.25) is 5.88 Å². The van der Waals surface area contributed by atoms with E-state index in [2.05, 4.69) is 4.98 Å². The molecule has 1 radical (unpaired) electrons. The lowest BCUT2D eigenvalue weighted by molar-refractivity contribution is -0.152. The minimum atomic E-state index is -0.993. The predicted octanol–water partition coefficient (Wildman–Crippen LogP) is 1.78. The van der Waals surface area contributed by atoms with E-state index in [1.807, 2.05) is 26.8 Å². The van der Waals surface area contributed by atoms with E-state index < -0.39 is 16.6 Å². The predicted molar refractivity (Wildman–Crippen MR) is 97.1 cm³/mol. The number of esters is 1. The van der Waals surface area contributed by atoms with Crippen LogP contribution < -0.4 is 10.2 Å². The van der Waals surface area contributed by atoms with Crippen LogP contribution in [0.15, 0.2) is 12.1 Å². The Morgan fingerprint density at radius 3 is 2.28 bits per heavy atom. The zero-order valence-corrected chi connectivity index (χ0v) is 16.5. The molecule has 0 saturated carbocycles. The second-order valence-electron chi connectivity index (χ2n) is 7.79. The van der Waals surface area contributed by atoms with Crippen LogP contribution in [-0.2, 0) is 14.2 Å². The van der Waals surface area contributed by atoms with Gasteiger partial charge in [0.25, 0.3) is 0 Å². The lowest BCUT2D eigenvalue weighted by Gasteiger charge is -2.37. The molecule has 1 rings (SSSR count). The van der Waals surface area contributed by atoms with Gasteiger partial charge in [-0.15, -0.1) is 0 Å². The maximum absolute atomic E-state index is 11.7. The van der Waals surface area contributed by atoms with Crippen molar-refractivity contribution in [3.05, 3.63) is 17.8 Å². The van der Waals surface area contributed by atoms with Crippen molar-refractivity contribution in [1.29, 1.82) is 0 Å². The van der Waals surface area contributed by atoms with Crippen LogP contribution >= 0.6 is 0 Å². The third-order valence-electron chi connectivity index (χ3n) is 4.37. The second kappa shape index (κ2) is 7.75. The fourth-order valence-electron chi connectivity index (χ4n) is 1.70. The number of nitrogens with zero attached hydrogens (tertiary/aromatic N) is 1. The number of aromatic nitrogens is 1. The highest BCUT2D eigenvalue weighted by Crippen LogP contribution is 2.24. The van der Waals surface area contributed by atoms with Crippen molar-refractivity contribution in [3.63, 3.8) is 0 Å². The van der Waals surface area contributed by atoms with E-state index in [0.29, 0.717) is 5.88 Å². The van der Waals surface area contributed by atoms with Gasteiger partial charge in [0, 0.05) is 5.69 Å². The Labute approximate surface area is 151 Å². The average molecular weight is 350 g/mol. The van der Waals surface area contributed by atoms with E-state index in [9.17, 15) is 9.90 Å². The first kappa shape index (κ1) is 21.4. The first-order valence-corrected chi connectivity index (χ1v) is 8.22. The maximum Gasteiger partial charge on any atom is 0.332 e. The zero-order valence-electron chi connectivity index (χ0n) is 16.5. The van der Waals surface area contributed by atoms with E-state index in [4.69, 9.17) is 14.1 Å². The standard InChI is InChI=1S/C18H29BNO5/c1-12-13(19-25-18(6,7)17(4,5)22)9-10-14(20-12)24-11-16(2,3)15(21)23-8/h9-10,22H,11H2,1-8H3. The van der Waals surface area contributed by atoms with Gasteiger partial charge in [0.05, 0.1) is 23.7 Å². The highest BCUT2D eigenvalue weighted by Gasteiger charge is 2.36. The third kappa shape index (κ3) is 5.71. The number of hydrogen-bond acceptors (Lipinski definition) is 6. The van der Waals surface area contributed by atoms with Crippen LogP contribution in [0.5, 0.6) is 5.88 Å². The van der Waals surface area contributed by atoms with Gasteiger partial charge >= 0.3 is 13.5 Å². The molecule has 0 aromatic carbocycles. The summed E-state index contributed by atoms with van der Waals surface area (Å²) in [6.45, 7) is 12.5. The fraction of sp³-hybridized carbons (Fsp3) is 0.667. The Morgan fingerprint density at radius 1 is 1.20 bits per heavy atom. The van der Waals surface area contributed by atoms with Crippen molar-refractivity contribution in [1.82, 2.24) is 4.98 Å². The molecule has 0 atom stereocenters. The van der Waals surface area contributed by atoms with Crippen molar-refractivity contribution in [2.75, 3.05) is 13.7 Å². The number of rotatable bonds is 8. The van der Waals surface area contributed by atoms with E-state index in [1.165, 1.54) is 7.11 Å². The van der Waals surface area contributed by atoms with Gasteiger partial charge in [-0.1, -0.05) is 6.07 Å². The Hall–Kier alpha value is -1.60. The van der Waals surface area contributed by atoms with Gasteiger partial charge in [0.1, 0.15) is 6.61 Å². The van der Waals surface area contributed by atoms with Gasteiger partial charge in [0.15, 0.2) is 0 Å². The fourth-order valence-corrected chi connectivity index (χ4v) is 1.70. The summed E-state index contributed by atoms with van der Waals surface area (Å²) >= 11 is 0. The highest BCUT2D eigenvalue weighted by molar-refractivity contribution is 6.47. The minimum absolute atomic E-state index is 0.164. The van der Waals surface area contributed by atoms with Crippen molar-refractivity contribution < 1.29 is 24.0 Å². The SMILES string of the molecule is COC(=O)C(C)(C)COc1ccc([B]OC(C)(C)C(C)(C)O)c(C)n1. The van der Waals surface area contributed by atoms with Crippen molar-refractivity contribution >= 4 is 18.9 Å². The first-order chi connectivity index (χ1) is 11.3. The molecule has 1 N–H and O–H groups in total. The summed E-state index contributed by atoms with van der Waals surface area (Å²) in [5.74, 6) is 0.0878. The molecule has 6 nitrogen and oxygen atoms in total. The number of methoxy groups -OCH3 is 1. The number of hydrogen-bond donors (Lipinski definition) is 1. The van der Waals surface area contributed by atoms with Crippen molar-refractivity contribution in [2.45, 2.75) is 59.7 Å². The molecule has 0 aliphatic rings. The van der Waals surface area contributed by atoms with E-state index in [-0.39, 0.29) is 12.6 Å². The molecule has 139 valence electrons. The Bertz CT molecular complexity index is 608. The molecule has 0 spiro atoms. The molecule has 0 bridgehead atoms. The lowest BCUT2D eigenvalue weighted by Crippen LogP contribution is -2.49. The van der Waals surface area contributed by atoms with Gasteiger partial charge in [-0.3, -0.25) is 4.79 Å². The largest absolute Gasteiger partial charge is 0.476 e. The van der Waals surface area contributed by atoms with E-state index in [1.54, 1.807) is 41.2 Å². The molecule has 0 amide bonds. The molecule has 1 aromatic rings. The molecule has 0 fully saturated rings. The molecule has 0 aliphatic carbocycles. The molecule has 0 unspecified atom stereocenters. The van der Waals surface area contributed by atoms with Crippen LogP contribution in [0, 0.1) is 12.3 Å². The van der Waals surface area contributed by atoms with Crippen molar-refractivity contribution in [2.24, 2.45) is 5.41 Å². The van der Waals surface area contributed by atoms with Crippen LogP contribution in [0.2, 0.25) is 0 Å². The summed E-state index contributed by atoms with van der Waals surface area (Å²) in [6.07, 6.45) is 0. The lowest BCUT2D eigenvalue weighted by atomic mass is 9.82. The molecular weight excluding hydrogens is 321 g/mol. The zero-order chi connectivity index (χ0) is 19.5. The average Bonchev–Trinajstić information content (AvgIpc) is 2.50. The molecule has 0 aliphatic heterocycles. The molecule has 7 heteroatoms. The molecule has 0 saturated heterocycles. The monoisotopic (exact) mass is 350 g/mol. The van der Waals surface area contributed by atoms with Crippen LogP contribution in [0.4, 0.5) is 0 Å². The van der Waals surface area contributed by atoms with Gasteiger partial charge < -0.3 is 19.2 Å². The molecule has 1 heterocycles. The summed E-state index contributed by atoms with van der Waals surface area (Å²) in [7, 11) is 2.94. The van der Waals surface area contributed by atoms with Crippen molar-refractivity contribution in [3.8, 4) is 5.88 Å². The van der Waals surface area contributed by atoms with Crippen LogP contribution in [0.25, 0.3) is 0 Å². The highest BCUT2D eigenvalue weighted by atomic mass is 16.5. The summed E-state index contributed by atoms with van der Waals surface area (Å²) in [5.41, 5.74) is -0.988. The number of carbonyl (C=O) groups is 1. The topological polar surface area (TPSA) is 77.9 Å². The number of pyridine rings is 1.